The maximum Gasteiger partial charge on any atom is 0.256 e. The molecule has 0 saturated carbocycles. The zero-order valence-corrected chi connectivity index (χ0v) is 18.5. The molecule has 5 heteroatoms. The lowest BCUT2D eigenvalue weighted by molar-refractivity contribution is 0.0996. The molecule has 1 fully saturated rings. The van der Waals surface area contributed by atoms with Crippen molar-refractivity contribution in [1.82, 2.24) is 4.90 Å². The monoisotopic (exact) mass is 430 g/mol. The zero-order chi connectivity index (χ0) is 21.6. The molecule has 0 radical (unpaired) electrons. The van der Waals surface area contributed by atoms with E-state index in [4.69, 9.17) is 0 Å². The van der Waals surface area contributed by atoms with E-state index in [-0.39, 0.29) is 11.7 Å². The van der Waals surface area contributed by atoms with Crippen molar-refractivity contribution in [3.05, 3.63) is 101 Å². The van der Waals surface area contributed by atoms with Crippen LogP contribution in [0.3, 0.4) is 0 Å². The van der Waals surface area contributed by atoms with E-state index in [2.05, 4.69) is 16.3 Å². The second-order valence-electron chi connectivity index (χ2n) is 7.67. The van der Waals surface area contributed by atoms with Crippen LogP contribution in [0.2, 0.25) is 0 Å². The Bertz CT molecular complexity index is 1080. The maximum atomic E-state index is 13.1. The van der Waals surface area contributed by atoms with Crippen molar-refractivity contribution >= 4 is 29.1 Å². The first kappa shape index (κ1) is 21.3. The van der Waals surface area contributed by atoms with E-state index in [1.54, 1.807) is 36.4 Å². The fourth-order valence-corrected chi connectivity index (χ4v) is 4.78. The van der Waals surface area contributed by atoms with Crippen LogP contribution in [0.5, 0.6) is 0 Å². The number of ketones is 1. The molecule has 0 bridgehead atoms. The van der Waals surface area contributed by atoms with Gasteiger partial charge in [0.1, 0.15) is 0 Å². The van der Waals surface area contributed by atoms with Gasteiger partial charge in [-0.2, -0.15) is 11.8 Å². The number of carbonyl (C=O) groups is 2. The van der Waals surface area contributed by atoms with Crippen LogP contribution in [-0.2, 0) is 6.54 Å². The maximum absolute atomic E-state index is 13.1. The molecular formula is C26H26N2O2S. The van der Waals surface area contributed by atoms with E-state index in [9.17, 15) is 9.59 Å². The summed E-state index contributed by atoms with van der Waals surface area (Å²) in [6.07, 6.45) is 0. The minimum absolute atomic E-state index is 0.153. The molecule has 1 amide bonds. The topological polar surface area (TPSA) is 49.4 Å². The Morgan fingerprint density at radius 1 is 0.871 bits per heavy atom. The zero-order valence-electron chi connectivity index (χ0n) is 17.6. The third-order valence-corrected chi connectivity index (χ3v) is 6.59. The van der Waals surface area contributed by atoms with Crippen LogP contribution < -0.4 is 5.32 Å². The summed E-state index contributed by atoms with van der Waals surface area (Å²) in [6.45, 7) is 5.12. The van der Waals surface area contributed by atoms with Crippen LogP contribution in [0.4, 0.5) is 5.69 Å². The number of benzene rings is 3. The van der Waals surface area contributed by atoms with Gasteiger partial charge in [-0.05, 0) is 30.2 Å². The molecule has 0 aliphatic carbocycles. The summed E-state index contributed by atoms with van der Waals surface area (Å²) in [6, 6.07) is 22.1. The molecule has 1 aliphatic rings. The number of thioether (sulfide) groups is 1. The lowest BCUT2D eigenvalue weighted by Crippen LogP contribution is -2.32. The number of hydrogen-bond acceptors (Lipinski definition) is 4. The van der Waals surface area contributed by atoms with E-state index >= 15 is 0 Å². The number of nitrogens with zero attached hydrogens (tertiary/aromatic N) is 1. The first-order valence-electron chi connectivity index (χ1n) is 10.5. The van der Waals surface area contributed by atoms with Crippen LogP contribution in [0.15, 0.2) is 72.8 Å². The predicted molar refractivity (Wildman–Crippen MR) is 128 cm³/mol. The van der Waals surface area contributed by atoms with Crippen LogP contribution >= 0.6 is 11.8 Å². The Morgan fingerprint density at radius 2 is 1.55 bits per heavy atom. The molecule has 4 nitrogen and oxygen atoms in total. The molecule has 3 aromatic rings. The van der Waals surface area contributed by atoms with Crippen molar-refractivity contribution in [2.75, 3.05) is 29.9 Å². The summed E-state index contributed by atoms with van der Waals surface area (Å²) in [5.74, 6) is 1.91. The Hall–Kier alpha value is -2.89. The van der Waals surface area contributed by atoms with Crippen molar-refractivity contribution in [2.24, 2.45) is 0 Å². The van der Waals surface area contributed by atoms with Gasteiger partial charge in [0.25, 0.3) is 5.91 Å². The van der Waals surface area contributed by atoms with Crippen molar-refractivity contribution in [3.8, 4) is 0 Å². The minimum atomic E-state index is -0.269. The Morgan fingerprint density at radius 3 is 2.29 bits per heavy atom. The van der Waals surface area contributed by atoms with Gasteiger partial charge in [-0.3, -0.25) is 14.5 Å². The normalized spacial score (nSPS) is 14.2. The van der Waals surface area contributed by atoms with Gasteiger partial charge in [0, 0.05) is 48.0 Å². The number of rotatable bonds is 6. The van der Waals surface area contributed by atoms with Crippen molar-refractivity contribution in [2.45, 2.75) is 13.5 Å². The van der Waals surface area contributed by atoms with Crippen LogP contribution in [0, 0.1) is 6.92 Å². The highest BCUT2D eigenvalue weighted by molar-refractivity contribution is 7.99. The molecule has 0 aromatic heterocycles. The summed E-state index contributed by atoms with van der Waals surface area (Å²) in [4.78, 5) is 28.6. The average Bonchev–Trinajstić information content (AvgIpc) is 2.82. The van der Waals surface area contributed by atoms with Crippen molar-refractivity contribution < 1.29 is 9.59 Å². The molecule has 3 aromatic carbocycles. The number of carbonyl (C=O) groups excluding carboxylic acids is 2. The van der Waals surface area contributed by atoms with Crippen molar-refractivity contribution in [3.63, 3.8) is 0 Å². The van der Waals surface area contributed by atoms with E-state index in [0.29, 0.717) is 16.7 Å². The average molecular weight is 431 g/mol. The highest BCUT2D eigenvalue weighted by Crippen LogP contribution is 2.23. The van der Waals surface area contributed by atoms with Gasteiger partial charge in [0.05, 0.1) is 5.56 Å². The molecule has 0 atom stereocenters. The standard InChI is InChI=1S/C26H26N2O2S/c1-19-21(18-28-14-16-31-17-15-28)10-7-13-24(19)27-26(30)23-12-6-5-11-22(23)25(29)20-8-3-2-4-9-20/h2-13H,14-18H2,1H3,(H,27,30). The lowest BCUT2D eigenvalue weighted by Gasteiger charge is -2.27. The Balaban J connectivity index is 1.55. The molecule has 31 heavy (non-hydrogen) atoms. The molecule has 1 heterocycles. The van der Waals surface area contributed by atoms with Gasteiger partial charge < -0.3 is 5.32 Å². The van der Waals surface area contributed by atoms with Gasteiger partial charge in [0.15, 0.2) is 5.78 Å². The van der Waals surface area contributed by atoms with E-state index in [1.165, 1.54) is 17.1 Å². The molecule has 4 rings (SSSR count). The Labute approximate surface area is 187 Å². The number of amides is 1. The van der Waals surface area contributed by atoms with Crippen LogP contribution in [0.1, 0.15) is 37.4 Å². The third-order valence-electron chi connectivity index (χ3n) is 5.64. The second-order valence-corrected chi connectivity index (χ2v) is 8.90. The summed E-state index contributed by atoms with van der Waals surface area (Å²) in [7, 11) is 0. The fourth-order valence-electron chi connectivity index (χ4n) is 3.80. The molecule has 0 unspecified atom stereocenters. The SMILES string of the molecule is Cc1c(CN2CCSCC2)cccc1NC(=O)c1ccccc1C(=O)c1ccccc1. The number of nitrogens with one attached hydrogen (secondary N) is 1. The molecule has 158 valence electrons. The van der Waals surface area contributed by atoms with Gasteiger partial charge >= 0.3 is 0 Å². The summed E-state index contributed by atoms with van der Waals surface area (Å²) in [5.41, 5.74) is 4.44. The molecule has 1 saturated heterocycles. The van der Waals surface area contributed by atoms with Crippen LogP contribution in [0.25, 0.3) is 0 Å². The van der Waals surface area contributed by atoms with Crippen LogP contribution in [-0.4, -0.2) is 41.2 Å². The first-order valence-corrected chi connectivity index (χ1v) is 11.7. The highest BCUT2D eigenvalue weighted by atomic mass is 32.2. The van der Waals surface area contributed by atoms with Gasteiger partial charge in [-0.25, -0.2) is 0 Å². The van der Waals surface area contributed by atoms with Gasteiger partial charge in [-0.15, -0.1) is 0 Å². The molecular weight excluding hydrogens is 404 g/mol. The molecule has 1 aliphatic heterocycles. The Kier molecular flexibility index (Phi) is 6.85. The van der Waals surface area contributed by atoms with E-state index < -0.39 is 0 Å². The number of anilines is 1. The lowest BCUT2D eigenvalue weighted by atomic mass is 9.97. The van der Waals surface area contributed by atoms with E-state index in [0.717, 1.165) is 30.9 Å². The summed E-state index contributed by atoms with van der Waals surface area (Å²) >= 11 is 2.00. The second kappa shape index (κ2) is 9.94. The number of hydrogen-bond donors (Lipinski definition) is 1. The van der Waals surface area contributed by atoms with Gasteiger partial charge in [0.2, 0.25) is 0 Å². The molecule has 0 spiro atoms. The first-order chi connectivity index (χ1) is 15.1. The fraction of sp³-hybridized carbons (Fsp3) is 0.231. The smallest absolute Gasteiger partial charge is 0.256 e. The highest BCUT2D eigenvalue weighted by Gasteiger charge is 2.19. The summed E-state index contributed by atoms with van der Waals surface area (Å²) < 4.78 is 0. The summed E-state index contributed by atoms with van der Waals surface area (Å²) in [5, 5.41) is 3.04. The van der Waals surface area contributed by atoms with Crippen molar-refractivity contribution in [1.29, 1.82) is 0 Å². The third kappa shape index (κ3) is 5.06. The predicted octanol–water partition coefficient (Wildman–Crippen LogP) is 5.03. The minimum Gasteiger partial charge on any atom is -0.322 e. The largest absolute Gasteiger partial charge is 0.322 e. The molecule has 1 N–H and O–H groups in total. The van der Waals surface area contributed by atoms with E-state index in [1.807, 2.05) is 49.0 Å². The quantitative estimate of drug-likeness (QED) is 0.558. The van der Waals surface area contributed by atoms with Gasteiger partial charge in [-0.1, -0.05) is 60.7 Å².